The highest BCUT2D eigenvalue weighted by atomic mass is 16.3. The highest BCUT2D eigenvalue weighted by Crippen LogP contribution is 2.37. The summed E-state index contributed by atoms with van der Waals surface area (Å²) >= 11 is 0. The van der Waals surface area contributed by atoms with Crippen LogP contribution in [0, 0.1) is 0 Å². The number of ketones is 1. The summed E-state index contributed by atoms with van der Waals surface area (Å²) in [5.74, 6) is -0.658. The van der Waals surface area contributed by atoms with Gasteiger partial charge in [0.25, 0.3) is 5.91 Å². The Morgan fingerprint density at radius 3 is 2.73 bits per heavy atom. The first kappa shape index (κ1) is 9.86. The van der Waals surface area contributed by atoms with Crippen LogP contribution in [0.5, 0.6) is 0 Å². The van der Waals surface area contributed by atoms with E-state index in [9.17, 15) is 14.7 Å². The first-order valence-electron chi connectivity index (χ1n) is 4.63. The fraction of sp³-hybridized carbons (Fsp3) is 0.273. The molecule has 1 aromatic carbocycles. The molecule has 0 bridgehead atoms. The highest BCUT2D eigenvalue weighted by molar-refractivity contribution is 6.09. The van der Waals surface area contributed by atoms with Gasteiger partial charge in [-0.25, -0.2) is 0 Å². The molecule has 1 atom stereocenters. The fourth-order valence-electron chi connectivity index (χ4n) is 1.83. The molecule has 4 nitrogen and oxygen atoms in total. The van der Waals surface area contributed by atoms with Crippen molar-refractivity contribution in [1.29, 1.82) is 0 Å². The van der Waals surface area contributed by atoms with E-state index < -0.39 is 11.5 Å². The monoisotopic (exact) mass is 205 g/mol. The van der Waals surface area contributed by atoms with Crippen molar-refractivity contribution in [2.24, 2.45) is 0 Å². The smallest absolute Gasteiger partial charge is 0.260 e. The molecule has 1 amide bonds. The van der Waals surface area contributed by atoms with Gasteiger partial charge in [0.2, 0.25) is 0 Å². The number of carbonyl (C=O) groups is 2. The molecule has 2 N–H and O–H groups in total. The van der Waals surface area contributed by atoms with Gasteiger partial charge < -0.3 is 10.4 Å². The largest absolute Gasteiger partial charge is 0.375 e. The topological polar surface area (TPSA) is 66.4 Å². The van der Waals surface area contributed by atoms with Gasteiger partial charge in [-0.1, -0.05) is 12.1 Å². The maximum absolute atomic E-state index is 11.5. The second-order valence-corrected chi connectivity index (χ2v) is 3.81. The van der Waals surface area contributed by atoms with Gasteiger partial charge in [0.1, 0.15) is 0 Å². The second kappa shape index (κ2) is 2.90. The lowest BCUT2D eigenvalue weighted by Gasteiger charge is -2.16. The molecule has 1 unspecified atom stereocenters. The molecule has 0 fully saturated rings. The molecule has 1 heterocycles. The van der Waals surface area contributed by atoms with Crippen molar-refractivity contribution in [2.75, 3.05) is 5.32 Å². The van der Waals surface area contributed by atoms with E-state index in [-0.39, 0.29) is 5.78 Å². The van der Waals surface area contributed by atoms with E-state index in [1.54, 1.807) is 18.2 Å². The minimum absolute atomic E-state index is 0.163. The van der Waals surface area contributed by atoms with E-state index in [1.165, 1.54) is 13.8 Å². The molecule has 1 aromatic rings. The zero-order valence-electron chi connectivity index (χ0n) is 8.50. The van der Waals surface area contributed by atoms with Crippen LogP contribution >= 0.6 is 0 Å². The lowest BCUT2D eigenvalue weighted by atomic mass is 9.91. The van der Waals surface area contributed by atoms with Crippen LogP contribution in [0.25, 0.3) is 0 Å². The molecular weight excluding hydrogens is 194 g/mol. The van der Waals surface area contributed by atoms with E-state index in [1.807, 2.05) is 0 Å². The number of aliphatic hydroxyl groups is 1. The number of nitrogens with one attached hydrogen (secondary N) is 1. The highest BCUT2D eigenvalue weighted by Gasteiger charge is 2.43. The van der Waals surface area contributed by atoms with Crippen molar-refractivity contribution in [3.8, 4) is 0 Å². The van der Waals surface area contributed by atoms with Gasteiger partial charge in [0, 0.05) is 16.8 Å². The summed E-state index contributed by atoms with van der Waals surface area (Å²) in [7, 11) is 0. The molecule has 0 radical (unpaired) electrons. The quantitative estimate of drug-likeness (QED) is 0.673. The zero-order chi connectivity index (χ0) is 11.2. The van der Waals surface area contributed by atoms with Crippen LogP contribution in [0.3, 0.4) is 0 Å². The lowest BCUT2D eigenvalue weighted by Crippen LogP contribution is -2.31. The summed E-state index contributed by atoms with van der Waals surface area (Å²) in [5, 5.41) is 12.5. The Morgan fingerprint density at radius 2 is 2.13 bits per heavy atom. The number of hydrogen-bond donors (Lipinski definition) is 2. The average Bonchev–Trinajstić information content (AvgIpc) is 2.38. The molecule has 0 saturated carbocycles. The molecule has 1 aliphatic rings. The van der Waals surface area contributed by atoms with Crippen LogP contribution < -0.4 is 5.32 Å². The Kier molecular flexibility index (Phi) is 1.91. The zero-order valence-corrected chi connectivity index (χ0v) is 8.50. The van der Waals surface area contributed by atoms with Gasteiger partial charge in [-0.15, -0.1) is 0 Å². The van der Waals surface area contributed by atoms with Gasteiger partial charge in [0.05, 0.1) is 0 Å². The standard InChI is InChI=1S/C11H11NO3/c1-6(13)7-4-3-5-8-9(7)11(2,15)10(14)12-8/h3-5,15H,1-2H3,(H,12,14). The molecule has 0 aliphatic carbocycles. The van der Waals surface area contributed by atoms with Crippen molar-refractivity contribution in [3.63, 3.8) is 0 Å². The summed E-state index contributed by atoms with van der Waals surface area (Å²) in [4.78, 5) is 22.8. The predicted octanol–water partition coefficient (Wildman–Crippen LogP) is 1.05. The Hall–Kier alpha value is -1.68. The number of fused-ring (bicyclic) bond motifs is 1. The van der Waals surface area contributed by atoms with Gasteiger partial charge in [-0.05, 0) is 19.9 Å². The molecule has 0 spiro atoms. The average molecular weight is 205 g/mol. The van der Waals surface area contributed by atoms with Crippen LogP contribution in [-0.2, 0) is 10.4 Å². The van der Waals surface area contributed by atoms with Gasteiger partial charge in [-0.3, -0.25) is 9.59 Å². The van der Waals surface area contributed by atoms with E-state index in [4.69, 9.17) is 0 Å². The molecule has 1 aliphatic heterocycles. The Morgan fingerprint density at radius 1 is 1.47 bits per heavy atom. The predicted molar refractivity (Wildman–Crippen MR) is 54.6 cm³/mol. The first-order valence-corrected chi connectivity index (χ1v) is 4.63. The van der Waals surface area contributed by atoms with Crippen molar-refractivity contribution < 1.29 is 14.7 Å². The van der Waals surface area contributed by atoms with Gasteiger partial charge in [-0.2, -0.15) is 0 Å². The first-order chi connectivity index (χ1) is 6.94. The summed E-state index contributed by atoms with van der Waals surface area (Å²) in [6.07, 6.45) is 0. The number of rotatable bonds is 1. The van der Waals surface area contributed by atoms with Crippen LogP contribution in [-0.4, -0.2) is 16.8 Å². The van der Waals surface area contributed by atoms with E-state index in [2.05, 4.69) is 5.32 Å². The fourth-order valence-corrected chi connectivity index (χ4v) is 1.83. The van der Waals surface area contributed by atoms with Gasteiger partial charge >= 0.3 is 0 Å². The molecule has 78 valence electrons. The van der Waals surface area contributed by atoms with Crippen molar-refractivity contribution >= 4 is 17.4 Å². The maximum Gasteiger partial charge on any atom is 0.260 e. The third kappa shape index (κ3) is 1.26. The molecular formula is C11H11NO3. The third-order valence-corrected chi connectivity index (χ3v) is 2.62. The minimum atomic E-state index is -1.61. The van der Waals surface area contributed by atoms with E-state index in [0.717, 1.165) is 0 Å². The number of carbonyl (C=O) groups excluding carboxylic acids is 2. The van der Waals surface area contributed by atoms with Crippen molar-refractivity contribution in [3.05, 3.63) is 29.3 Å². The normalized spacial score (nSPS) is 23.5. The Bertz CT molecular complexity index is 463. The summed E-state index contributed by atoms with van der Waals surface area (Å²) in [6.45, 7) is 2.80. The maximum atomic E-state index is 11.5. The van der Waals surface area contributed by atoms with E-state index >= 15 is 0 Å². The molecule has 0 aromatic heterocycles. The third-order valence-electron chi connectivity index (χ3n) is 2.62. The number of anilines is 1. The van der Waals surface area contributed by atoms with E-state index in [0.29, 0.717) is 16.8 Å². The number of benzene rings is 1. The molecule has 15 heavy (non-hydrogen) atoms. The number of hydrogen-bond acceptors (Lipinski definition) is 3. The second-order valence-electron chi connectivity index (χ2n) is 3.81. The number of amides is 1. The molecule has 2 rings (SSSR count). The Labute approximate surface area is 86.9 Å². The minimum Gasteiger partial charge on any atom is -0.375 e. The van der Waals surface area contributed by atoms with Crippen molar-refractivity contribution in [1.82, 2.24) is 0 Å². The summed E-state index contributed by atoms with van der Waals surface area (Å²) in [5.41, 5.74) is -0.339. The Balaban J connectivity index is 2.72. The SMILES string of the molecule is CC(=O)c1cccc2c1C(C)(O)C(=O)N2. The van der Waals surface area contributed by atoms with Crippen LogP contribution in [0.4, 0.5) is 5.69 Å². The summed E-state index contributed by atoms with van der Waals surface area (Å²) < 4.78 is 0. The molecule has 0 saturated heterocycles. The van der Waals surface area contributed by atoms with Crippen LogP contribution in [0.2, 0.25) is 0 Å². The van der Waals surface area contributed by atoms with Crippen LogP contribution in [0.1, 0.15) is 29.8 Å². The summed E-state index contributed by atoms with van der Waals surface area (Å²) in [6, 6.07) is 4.95. The molecule has 4 heteroatoms. The lowest BCUT2D eigenvalue weighted by molar-refractivity contribution is -0.131. The van der Waals surface area contributed by atoms with Gasteiger partial charge in [0.15, 0.2) is 11.4 Å². The number of Topliss-reactive ketones (excluding diaryl/α,β-unsaturated/α-hetero) is 1. The van der Waals surface area contributed by atoms with Crippen molar-refractivity contribution in [2.45, 2.75) is 19.4 Å². The van der Waals surface area contributed by atoms with Crippen LogP contribution in [0.15, 0.2) is 18.2 Å².